The van der Waals surface area contributed by atoms with Gasteiger partial charge in [0.05, 0.1) is 0 Å². The third-order valence-electron chi connectivity index (χ3n) is 2.10. The van der Waals surface area contributed by atoms with Crippen LogP contribution in [-0.2, 0) is 19.2 Å². The summed E-state index contributed by atoms with van der Waals surface area (Å²) in [7, 11) is 0. The van der Waals surface area contributed by atoms with Crippen molar-refractivity contribution in [2.24, 2.45) is 0 Å². The van der Waals surface area contributed by atoms with Crippen molar-refractivity contribution in [1.82, 2.24) is 10.2 Å². The van der Waals surface area contributed by atoms with Crippen LogP contribution in [0, 0.1) is 0 Å². The molecule has 2 fully saturated rings. The van der Waals surface area contributed by atoms with Gasteiger partial charge in [0.25, 0.3) is 0 Å². The number of imide groups is 4. The Morgan fingerprint density at radius 2 is 1.35 bits per heavy atom. The zero-order valence-electron chi connectivity index (χ0n) is 8.76. The number of carbonyl (C=O) groups excluding carboxylic acids is 4. The highest BCUT2D eigenvalue weighted by atomic mass is 16.4. The molecule has 8 heteroatoms. The van der Waals surface area contributed by atoms with Crippen LogP contribution in [0.25, 0.3) is 0 Å². The molecule has 0 unspecified atom stereocenters. The summed E-state index contributed by atoms with van der Waals surface area (Å²) in [5, 5.41) is 10.4. The molecule has 0 spiro atoms. The molecule has 92 valence electrons. The summed E-state index contributed by atoms with van der Waals surface area (Å²) in [6, 6.07) is 0. The van der Waals surface area contributed by atoms with Crippen LogP contribution in [0.5, 0.6) is 0 Å². The summed E-state index contributed by atoms with van der Waals surface area (Å²) in [4.78, 5) is 51.7. The molecule has 5 amide bonds. The van der Waals surface area contributed by atoms with E-state index >= 15 is 0 Å². The van der Waals surface area contributed by atoms with Crippen LogP contribution in [0.4, 0.5) is 4.79 Å². The van der Waals surface area contributed by atoms with Crippen LogP contribution >= 0.6 is 0 Å². The highest BCUT2D eigenvalue weighted by Gasteiger charge is 2.34. The molecule has 0 aromatic heterocycles. The lowest BCUT2D eigenvalue weighted by molar-refractivity contribution is -0.135. The van der Waals surface area contributed by atoms with Crippen LogP contribution in [0.15, 0.2) is 0 Å². The predicted molar refractivity (Wildman–Crippen MR) is 51.5 cm³/mol. The molecule has 8 nitrogen and oxygen atoms in total. The molecule has 2 aliphatic rings. The summed E-state index contributed by atoms with van der Waals surface area (Å²) in [6.07, 6.45) is -0.694. The van der Waals surface area contributed by atoms with Crippen molar-refractivity contribution >= 4 is 29.7 Å². The Balaban J connectivity index is 0.000000181. The Labute approximate surface area is 95.6 Å². The minimum absolute atomic E-state index is 0.0190. The number of carboxylic acid groups (broad SMARTS) is 1. The SMILES string of the molecule is O=C(O)N1C(=O)CCC1=O.O=C1CCC(=O)N1. The minimum Gasteiger partial charge on any atom is -0.464 e. The highest BCUT2D eigenvalue weighted by Crippen LogP contribution is 2.10. The van der Waals surface area contributed by atoms with Gasteiger partial charge < -0.3 is 5.11 Å². The van der Waals surface area contributed by atoms with Gasteiger partial charge in [0, 0.05) is 25.7 Å². The molecule has 0 aliphatic carbocycles. The molecule has 2 saturated heterocycles. The zero-order valence-corrected chi connectivity index (χ0v) is 8.76. The largest absolute Gasteiger partial charge is 0.464 e. The number of rotatable bonds is 0. The van der Waals surface area contributed by atoms with Gasteiger partial charge >= 0.3 is 6.09 Å². The summed E-state index contributed by atoms with van der Waals surface area (Å²) in [5.74, 6) is -1.55. The average Bonchev–Trinajstić information content (AvgIpc) is 2.74. The molecule has 2 heterocycles. The number of amides is 5. The number of nitrogens with zero attached hydrogens (tertiary/aromatic N) is 1. The van der Waals surface area contributed by atoms with Crippen LogP contribution < -0.4 is 5.32 Å². The van der Waals surface area contributed by atoms with E-state index in [-0.39, 0.29) is 29.6 Å². The molecule has 2 rings (SSSR count). The fourth-order valence-electron chi connectivity index (χ4n) is 1.30. The van der Waals surface area contributed by atoms with Gasteiger partial charge in [0.2, 0.25) is 23.6 Å². The van der Waals surface area contributed by atoms with E-state index in [1.54, 1.807) is 0 Å². The molecule has 0 aromatic carbocycles. The lowest BCUT2D eigenvalue weighted by atomic mass is 10.4. The first-order valence-electron chi connectivity index (χ1n) is 4.83. The molecule has 0 bridgehead atoms. The van der Waals surface area contributed by atoms with Gasteiger partial charge in [-0.1, -0.05) is 0 Å². The van der Waals surface area contributed by atoms with Crippen LogP contribution in [0.2, 0.25) is 0 Å². The van der Waals surface area contributed by atoms with E-state index in [1.807, 2.05) is 0 Å². The Morgan fingerprint density at radius 1 is 0.941 bits per heavy atom. The average molecular weight is 242 g/mol. The van der Waals surface area contributed by atoms with E-state index in [0.29, 0.717) is 12.8 Å². The second-order valence-electron chi connectivity index (χ2n) is 3.38. The van der Waals surface area contributed by atoms with Crippen LogP contribution in [0.3, 0.4) is 0 Å². The van der Waals surface area contributed by atoms with Crippen molar-refractivity contribution in [3.63, 3.8) is 0 Å². The van der Waals surface area contributed by atoms with Crippen LogP contribution in [0.1, 0.15) is 25.7 Å². The van der Waals surface area contributed by atoms with E-state index in [9.17, 15) is 24.0 Å². The number of hydrogen-bond donors (Lipinski definition) is 2. The lowest BCUT2D eigenvalue weighted by Gasteiger charge is -2.03. The smallest absolute Gasteiger partial charge is 0.421 e. The quantitative estimate of drug-likeness (QED) is 0.538. The molecule has 17 heavy (non-hydrogen) atoms. The topological polar surface area (TPSA) is 121 Å². The predicted octanol–water partition coefficient (Wildman–Crippen LogP) is -0.764. The zero-order chi connectivity index (χ0) is 13.0. The van der Waals surface area contributed by atoms with E-state index in [1.165, 1.54) is 0 Å². The van der Waals surface area contributed by atoms with Crippen molar-refractivity contribution in [2.45, 2.75) is 25.7 Å². The number of carbonyl (C=O) groups is 5. The van der Waals surface area contributed by atoms with Gasteiger partial charge in [0.1, 0.15) is 0 Å². The number of likely N-dealkylation sites (tertiary alicyclic amines) is 1. The van der Waals surface area contributed by atoms with Crippen molar-refractivity contribution in [3.05, 3.63) is 0 Å². The Bertz CT molecular complexity index is 372. The van der Waals surface area contributed by atoms with Gasteiger partial charge in [-0.15, -0.1) is 0 Å². The Hall–Kier alpha value is -2.25. The Kier molecular flexibility index (Phi) is 3.91. The monoisotopic (exact) mass is 242 g/mol. The summed E-state index contributed by atoms with van der Waals surface area (Å²) in [6.45, 7) is 0. The molecule has 0 atom stereocenters. The Morgan fingerprint density at radius 3 is 1.53 bits per heavy atom. The first-order chi connectivity index (χ1) is 7.91. The van der Waals surface area contributed by atoms with E-state index in [0.717, 1.165) is 0 Å². The second-order valence-corrected chi connectivity index (χ2v) is 3.38. The molecule has 2 N–H and O–H groups in total. The third kappa shape index (κ3) is 3.37. The fraction of sp³-hybridized carbons (Fsp3) is 0.444. The molecular weight excluding hydrogens is 232 g/mol. The van der Waals surface area contributed by atoms with E-state index in [4.69, 9.17) is 5.11 Å². The highest BCUT2D eigenvalue weighted by molar-refractivity contribution is 6.12. The van der Waals surface area contributed by atoms with Gasteiger partial charge in [0.15, 0.2) is 0 Å². The van der Waals surface area contributed by atoms with E-state index < -0.39 is 17.9 Å². The lowest BCUT2D eigenvalue weighted by Crippen LogP contribution is -2.33. The third-order valence-corrected chi connectivity index (χ3v) is 2.10. The molecule has 0 aromatic rings. The standard InChI is InChI=1S/C5H5NO4.C4H5NO2/c7-3-1-2-4(8)6(3)5(9)10;6-3-1-2-4(7)5-3/h1-2H2,(H,9,10);1-2H2,(H,5,6,7). The van der Waals surface area contributed by atoms with Gasteiger partial charge in [-0.3, -0.25) is 24.5 Å². The number of nitrogens with one attached hydrogen (secondary N) is 1. The maximum Gasteiger partial charge on any atom is 0.421 e. The maximum atomic E-state index is 10.6. The van der Waals surface area contributed by atoms with Crippen molar-refractivity contribution in [2.75, 3.05) is 0 Å². The first-order valence-corrected chi connectivity index (χ1v) is 4.83. The van der Waals surface area contributed by atoms with Gasteiger partial charge in [-0.05, 0) is 0 Å². The van der Waals surface area contributed by atoms with Crippen molar-refractivity contribution < 1.29 is 29.1 Å². The van der Waals surface area contributed by atoms with Gasteiger partial charge in [-0.2, -0.15) is 4.90 Å². The van der Waals surface area contributed by atoms with E-state index in [2.05, 4.69) is 5.32 Å². The maximum absolute atomic E-state index is 10.6. The molecule has 0 radical (unpaired) electrons. The first kappa shape index (κ1) is 12.8. The second kappa shape index (κ2) is 5.19. The summed E-state index contributed by atoms with van der Waals surface area (Å²) >= 11 is 0. The summed E-state index contributed by atoms with van der Waals surface area (Å²) < 4.78 is 0. The minimum atomic E-state index is -1.48. The number of hydrogen-bond acceptors (Lipinski definition) is 5. The van der Waals surface area contributed by atoms with Crippen molar-refractivity contribution in [3.8, 4) is 0 Å². The van der Waals surface area contributed by atoms with Crippen molar-refractivity contribution in [1.29, 1.82) is 0 Å². The molecular formula is C9H10N2O6. The van der Waals surface area contributed by atoms with Crippen LogP contribution in [-0.4, -0.2) is 39.7 Å². The van der Waals surface area contributed by atoms with Gasteiger partial charge in [-0.25, -0.2) is 4.79 Å². The fourth-order valence-corrected chi connectivity index (χ4v) is 1.30. The molecule has 2 aliphatic heterocycles. The summed E-state index contributed by atoms with van der Waals surface area (Å²) in [5.41, 5.74) is 0. The molecule has 0 saturated carbocycles. The normalized spacial score (nSPS) is 18.9.